The van der Waals surface area contributed by atoms with Crippen molar-refractivity contribution in [3.63, 3.8) is 0 Å². The van der Waals surface area contributed by atoms with Gasteiger partial charge in [-0.15, -0.1) is 0 Å². The molecule has 1 aliphatic heterocycles. The molecule has 158 valence electrons. The van der Waals surface area contributed by atoms with Gasteiger partial charge in [0.15, 0.2) is 9.84 Å². The van der Waals surface area contributed by atoms with Crippen molar-refractivity contribution in [3.8, 4) is 0 Å². The lowest BCUT2D eigenvalue weighted by atomic mass is 10.1. The van der Waals surface area contributed by atoms with E-state index in [2.05, 4.69) is 9.62 Å². The number of sulfone groups is 1. The Hall–Kier alpha value is -2.06. The minimum absolute atomic E-state index is 0.0267. The highest BCUT2D eigenvalue weighted by Crippen LogP contribution is 2.31. The smallest absolute Gasteiger partial charge is 0.261 e. The van der Waals surface area contributed by atoms with Crippen molar-refractivity contribution >= 4 is 31.2 Å². The van der Waals surface area contributed by atoms with Crippen molar-refractivity contribution in [2.24, 2.45) is 0 Å². The van der Waals surface area contributed by atoms with E-state index in [4.69, 9.17) is 0 Å². The average Bonchev–Trinajstić information content (AvgIpc) is 2.68. The van der Waals surface area contributed by atoms with E-state index in [9.17, 15) is 16.8 Å². The predicted octanol–water partition coefficient (Wildman–Crippen LogP) is 4.05. The van der Waals surface area contributed by atoms with Gasteiger partial charge in [-0.05, 0) is 76.4 Å². The number of hydrogen-bond acceptors (Lipinski definition) is 5. The lowest BCUT2D eigenvalue weighted by Gasteiger charge is -2.30. The number of benzene rings is 2. The Morgan fingerprint density at radius 1 is 0.793 bits per heavy atom. The molecule has 0 amide bonds. The molecule has 8 heteroatoms. The minimum Gasteiger partial charge on any atom is -0.370 e. The van der Waals surface area contributed by atoms with Crippen molar-refractivity contribution in [3.05, 3.63) is 48.5 Å². The summed E-state index contributed by atoms with van der Waals surface area (Å²) in [5.41, 5.74) is 1.39. The number of nitrogens with zero attached hydrogens (tertiary/aromatic N) is 1. The predicted molar refractivity (Wildman–Crippen MR) is 117 cm³/mol. The third-order valence-corrected chi connectivity index (χ3v) is 8.98. The van der Waals surface area contributed by atoms with Crippen LogP contribution in [0, 0.1) is 0 Å². The monoisotopic (exact) mass is 436 g/mol. The molecule has 2 aromatic carbocycles. The fraction of sp³-hybridized carbons (Fsp3) is 0.429. The number of hydrogen-bond donors (Lipinski definition) is 1. The summed E-state index contributed by atoms with van der Waals surface area (Å²) in [6, 6.07) is 12.7. The summed E-state index contributed by atoms with van der Waals surface area (Å²) in [4.78, 5) is 2.33. The van der Waals surface area contributed by atoms with Gasteiger partial charge in [-0.1, -0.05) is 12.1 Å². The van der Waals surface area contributed by atoms with Crippen LogP contribution in [0.5, 0.6) is 0 Å². The van der Waals surface area contributed by atoms with Crippen LogP contribution in [0.15, 0.2) is 58.3 Å². The van der Waals surface area contributed by atoms with Gasteiger partial charge in [0, 0.05) is 13.1 Å². The van der Waals surface area contributed by atoms with E-state index in [0.29, 0.717) is 5.69 Å². The zero-order valence-electron chi connectivity index (χ0n) is 17.1. The third kappa shape index (κ3) is 4.59. The third-order valence-electron chi connectivity index (χ3n) is 5.10. The van der Waals surface area contributed by atoms with Gasteiger partial charge in [0.1, 0.15) is 0 Å². The van der Waals surface area contributed by atoms with Crippen molar-refractivity contribution in [2.75, 3.05) is 22.7 Å². The van der Waals surface area contributed by atoms with Crippen LogP contribution < -0.4 is 9.62 Å². The molecule has 1 saturated heterocycles. The zero-order valence-corrected chi connectivity index (χ0v) is 18.7. The molecular formula is C21H28N2O4S2. The number of para-hydroxylation sites is 2. The normalized spacial score (nSPS) is 15.9. The highest BCUT2D eigenvalue weighted by Gasteiger charge is 2.31. The molecule has 0 atom stereocenters. The Morgan fingerprint density at radius 3 is 1.93 bits per heavy atom. The van der Waals surface area contributed by atoms with Crippen LogP contribution in [0.3, 0.4) is 0 Å². The molecule has 6 nitrogen and oxygen atoms in total. The van der Waals surface area contributed by atoms with Crippen LogP contribution in [-0.4, -0.2) is 34.7 Å². The summed E-state index contributed by atoms with van der Waals surface area (Å²) in [5, 5.41) is 0. The lowest BCUT2D eigenvalue weighted by Crippen LogP contribution is -2.30. The summed E-state index contributed by atoms with van der Waals surface area (Å²) in [6.07, 6.45) is 3.36. The Morgan fingerprint density at radius 2 is 1.34 bits per heavy atom. The standard InChI is InChI=1S/C21H28N2O4S2/c1-21(2,3)28(24,25)17-11-13-18(14-12-17)29(26,27)22-19-9-5-6-10-20(19)23-15-7-4-8-16-23/h5-6,9-14,22H,4,7-8,15-16H2,1-3H3. The first-order valence-electron chi connectivity index (χ1n) is 9.74. The first-order valence-corrected chi connectivity index (χ1v) is 12.7. The van der Waals surface area contributed by atoms with E-state index in [1.54, 1.807) is 32.9 Å². The maximum Gasteiger partial charge on any atom is 0.261 e. The van der Waals surface area contributed by atoms with Crippen LogP contribution in [0.1, 0.15) is 40.0 Å². The van der Waals surface area contributed by atoms with Gasteiger partial charge in [0.2, 0.25) is 0 Å². The molecule has 3 rings (SSSR count). The topological polar surface area (TPSA) is 83.5 Å². The molecule has 0 unspecified atom stereocenters. The van der Waals surface area contributed by atoms with E-state index < -0.39 is 24.6 Å². The fourth-order valence-electron chi connectivity index (χ4n) is 3.33. The summed E-state index contributed by atoms with van der Waals surface area (Å²) in [5.74, 6) is 0. The molecule has 0 aliphatic carbocycles. The zero-order chi connectivity index (χ0) is 21.3. The summed E-state index contributed by atoms with van der Waals surface area (Å²) >= 11 is 0. The Labute approximate surface area is 173 Å². The average molecular weight is 437 g/mol. The quantitative estimate of drug-likeness (QED) is 0.764. The van der Waals surface area contributed by atoms with Crippen molar-refractivity contribution in [2.45, 2.75) is 54.6 Å². The van der Waals surface area contributed by atoms with E-state index in [1.807, 2.05) is 12.1 Å². The summed E-state index contributed by atoms with van der Waals surface area (Å²) in [6.45, 7) is 6.65. The van der Waals surface area contributed by atoms with Crippen LogP contribution in [-0.2, 0) is 19.9 Å². The molecule has 0 saturated carbocycles. The Kier molecular flexibility index (Phi) is 5.96. The molecule has 1 N–H and O–H groups in total. The van der Waals surface area contributed by atoms with Crippen LogP contribution >= 0.6 is 0 Å². The minimum atomic E-state index is -3.84. The van der Waals surface area contributed by atoms with Gasteiger partial charge in [-0.3, -0.25) is 4.72 Å². The maximum absolute atomic E-state index is 12.9. The van der Waals surface area contributed by atoms with Crippen molar-refractivity contribution in [1.29, 1.82) is 0 Å². The largest absolute Gasteiger partial charge is 0.370 e. The second kappa shape index (κ2) is 7.99. The highest BCUT2D eigenvalue weighted by atomic mass is 32.2. The maximum atomic E-state index is 12.9. The molecule has 29 heavy (non-hydrogen) atoms. The van der Waals surface area contributed by atoms with Gasteiger partial charge >= 0.3 is 0 Å². The number of sulfonamides is 1. The van der Waals surface area contributed by atoms with E-state index in [-0.39, 0.29) is 9.79 Å². The Bertz CT molecular complexity index is 1060. The molecule has 0 aromatic heterocycles. The van der Waals surface area contributed by atoms with Crippen LogP contribution in [0.25, 0.3) is 0 Å². The van der Waals surface area contributed by atoms with Gasteiger partial charge in [-0.2, -0.15) is 0 Å². The first kappa shape index (κ1) is 21.6. The summed E-state index contributed by atoms with van der Waals surface area (Å²) in [7, 11) is -7.38. The molecule has 1 fully saturated rings. The van der Waals surface area contributed by atoms with Gasteiger partial charge < -0.3 is 4.90 Å². The number of anilines is 2. The molecule has 0 radical (unpaired) electrons. The van der Waals surface area contributed by atoms with Crippen molar-refractivity contribution < 1.29 is 16.8 Å². The van der Waals surface area contributed by atoms with E-state index >= 15 is 0 Å². The van der Waals surface area contributed by atoms with Crippen LogP contribution in [0.4, 0.5) is 11.4 Å². The Balaban J connectivity index is 1.88. The number of piperidine rings is 1. The molecule has 0 bridgehead atoms. The number of nitrogens with one attached hydrogen (secondary N) is 1. The molecule has 1 heterocycles. The first-order chi connectivity index (χ1) is 13.5. The second-order valence-electron chi connectivity index (χ2n) is 8.26. The molecular weight excluding hydrogens is 408 g/mol. The van der Waals surface area contributed by atoms with E-state index in [1.165, 1.54) is 30.7 Å². The van der Waals surface area contributed by atoms with Crippen LogP contribution in [0.2, 0.25) is 0 Å². The number of rotatable bonds is 5. The second-order valence-corrected chi connectivity index (χ2v) is 12.6. The fourth-order valence-corrected chi connectivity index (χ4v) is 5.60. The SMILES string of the molecule is CC(C)(C)S(=O)(=O)c1ccc(S(=O)(=O)Nc2ccccc2N2CCCCC2)cc1. The lowest BCUT2D eigenvalue weighted by molar-refractivity contribution is 0.560. The molecule has 0 spiro atoms. The molecule has 1 aliphatic rings. The van der Waals surface area contributed by atoms with Gasteiger partial charge in [-0.25, -0.2) is 16.8 Å². The van der Waals surface area contributed by atoms with E-state index in [0.717, 1.165) is 31.6 Å². The molecule has 2 aromatic rings. The van der Waals surface area contributed by atoms with Crippen molar-refractivity contribution in [1.82, 2.24) is 0 Å². The van der Waals surface area contributed by atoms with Gasteiger partial charge in [0.25, 0.3) is 10.0 Å². The summed E-state index contributed by atoms with van der Waals surface area (Å²) < 4.78 is 52.7. The van der Waals surface area contributed by atoms with Gasteiger partial charge in [0.05, 0.1) is 25.9 Å². The highest BCUT2D eigenvalue weighted by molar-refractivity contribution is 7.93.